The van der Waals surface area contributed by atoms with Crippen molar-refractivity contribution in [1.29, 1.82) is 0 Å². The highest BCUT2D eigenvalue weighted by Crippen LogP contribution is 2.37. The second-order valence-electron chi connectivity index (χ2n) is 4.76. The molecule has 1 aliphatic rings. The summed E-state index contributed by atoms with van der Waals surface area (Å²) in [7, 11) is 0. The number of carboxylic acid groups (broad SMARTS) is 1. The Morgan fingerprint density at radius 2 is 2.44 bits per heavy atom. The van der Waals surface area contributed by atoms with E-state index in [0.717, 1.165) is 17.8 Å². The van der Waals surface area contributed by atoms with Crippen LogP contribution in [0.2, 0.25) is 0 Å². The van der Waals surface area contributed by atoms with Crippen molar-refractivity contribution in [3.8, 4) is 0 Å². The maximum atomic E-state index is 11.6. The first kappa shape index (κ1) is 11.6. The van der Waals surface area contributed by atoms with Crippen molar-refractivity contribution in [3.05, 3.63) is 21.9 Å². The minimum Gasteiger partial charge on any atom is -0.480 e. The standard InChI is InChI=1S/C12H17NO2S/c1-8(2)7-12(11(14)15)10-9(3-5-13-12)4-6-16-10/h4,6,8,13H,3,5,7H2,1-2H3,(H,14,15). The van der Waals surface area contributed by atoms with Gasteiger partial charge in [0.15, 0.2) is 5.54 Å². The fourth-order valence-corrected chi connectivity index (χ4v) is 3.57. The molecular weight excluding hydrogens is 222 g/mol. The second kappa shape index (κ2) is 4.18. The molecule has 0 saturated heterocycles. The van der Waals surface area contributed by atoms with E-state index in [9.17, 15) is 9.90 Å². The summed E-state index contributed by atoms with van der Waals surface area (Å²) in [5.74, 6) is -0.388. The monoisotopic (exact) mass is 239 g/mol. The number of fused-ring (bicyclic) bond motifs is 1. The van der Waals surface area contributed by atoms with Crippen LogP contribution in [0.3, 0.4) is 0 Å². The van der Waals surface area contributed by atoms with Gasteiger partial charge >= 0.3 is 5.97 Å². The average molecular weight is 239 g/mol. The van der Waals surface area contributed by atoms with Crippen molar-refractivity contribution in [2.45, 2.75) is 32.2 Å². The van der Waals surface area contributed by atoms with E-state index in [1.54, 1.807) is 11.3 Å². The van der Waals surface area contributed by atoms with Crippen LogP contribution < -0.4 is 5.32 Å². The lowest BCUT2D eigenvalue weighted by Crippen LogP contribution is -2.53. The van der Waals surface area contributed by atoms with Gasteiger partial charge in [0.25, 0.3) is 0 Å². The molecule has 0 aliphatic carbocycles. The van der Waals surface area contributed by atoms with Crippen LogP contribution in [-0.4, -0.2) is 17.6 Å². The summed E-state index contributed by atoms with van der Waals surface area (Å²) in [4.78, 5) is 12.6. The summed E-state index contributed by atoms with van der Waals surface area (Å²) < 4.78 is 0. The number of rotatable bonds is 3. The molecule has 2 N–H and O–H groups in total. The zero-order valence-corrected chi connectivity index (χ0v) is 10.4. The molecule has 16 heavy (non-hydrogen) atoms. The molecule has 0 radical (unpaired) electrons. The molecule has 1 atom stereocenters. The Hall–Kier alpha value is -0.870. The summed E-state index contributed by atoms with van der Waals surface area (Å²) in [6.45, 7) is 4.88. The van der Waals surface area contributed by atoms with Crippen molar-refractivity contribution in [2.75, 3.05) is 6.54 Å². The first-order valence-electron chi connectivity index (χ1n) is 5.61. The molecule has 1 aliphatic heterocycles. The van der Waals surface area contributed by atoms with E-state index in [1.807, 2.05) is 5.38 Å². The van der Waals surface area contributed by atoms with Gasteiger partial charge in [-0.2, -0.15) is 0 Å². The molecule has 0 amide bonds. The molecule has 2 rings (SSSR count). The number of hydrogen-bond donors (Lipinski definition) is 2. The summed E-state index contributed by atoms with van der Waals surface area (Å²) in [6, 6.07) is 2.05. The normalized spacial score (nSPS) is 24.4. The molecular formula is C12H17NO2S. The van der Waals surface area contributed by atoms with Crippen molar-refractivity contribution in [3.63, 3.8) is 0 Å². The van der Waals surface area contributed by atoms with E-state index in [-0.39, 0.29) is 0 Å². The Balaban J connectivity index is 2.45. The molecule has 4 heteroatoms. The highest BCUT2D eigenvalue weighted by Gasteiger charge is 2.44. The molecule has 0 saturated carbocycles. The maximum absolute atomic E-state index is 11.6. The minimum absolute atomic E-state index is 0.358. The molecule has 88 valence electrons. The summed E-state index contributed by atoms with van der Waals surface area (Å²) in [6.07, 6.45) is 1.59. The summed E-state index contributed by atoms with van der Waals surface area (Å²) >= 11 is 1.56. The van der Waals surface area contributed by atoms with Gasteiger partial charge in [0.1, 0.15) is 0 Å². The van der Waals surface area contributed by atoms with Crippen LogP contribution in [0.15, 0.2) is 11.4 Å². The van der Waals surface area contributed by atoms with Crippen LogP contribution in [0.25, 0.3) is 0 Å². The Kier molecular flexibility index (Phi) is 3.04. The number of carboxylic acids is 1. The van der Waals surface area contributed by atoms with Crippen LogP contribution in [0.4, 0.5) is 0 Å². The first-order valence-corrected chi connectivity index (χ1v) is 6.49. The Bertz CT molecular complexity index is 399. The molecule has 0 spiro atoms. The molecule has 1 aromatic heterocycles. The van der Waals surface area contributed by atoms with Gasteiger partial charge < -0.3 is 5.11 Å². The zero-order valence-electron chi connectivity index (χ0n) is 9.62. The largest absolute Gasteiger partial charge is 0.480 e. The van der Waals surface area contributed by atoms with E-state index in [2.05, 4.69) is 25.2 Å². The van der Waals surface area contributed by atoms with Gasteiger partial charge in [-0.25, -0.2) is 4.79 Å². The van der Waals surface area contributed by atoms with Crippen LogP contribution in [0.5, 0.6) is 0 Å². The molecule has 0 fully saturated rings. The van der Waals surface area contributed by atoms with Crippen LogP contribution in [-0.2, 0) is 16.8 Å². The number of aliphatic carboxylic acids is 1. The van der Waals surface area contributed by atoms with E-state index < -0.39 is 11.5 Å². The summed E-state index contributed by atoms with van der Waals surface area (Å²) in [5, 5.41) is 14.8. The van der Waals surface area contributed by atoms with Crippen LogP contribution >= 0.6 is 11.3 Å². The predicted molar refractivity (Wildman–Crippen MR) is 64.8 cm³/mol. The first-order chi connectivity index (χ1) is 7.56. The molecule has 2 heterocycles. The lowest BCUT2D eigenvalue weighted by molar-refractivity contribution is -0.146. The second-order valence-corrected chi connectivity index (χ2v) is 5.68. The van der Waals surface area contributed by atoms with Gasteiger partial charge in [-0.3, -0.25) is 5.32 Å². The highest BCUT2D eigenvalue weighted by molar-refractivity contribution is 7.10. The zero-order chi connectivity index (χ0) is 11.8. The average Bonchev–Trinajstić information content (AvgIpc) is 2.65. The third-order valence-electron chi connectivity index (χ3n) is 3.04. The van der Waals surface area contributed by atoms with E-state index >= 15 is 0 Å². The lowest BCUT2D eigenvalue weighted by atomic mass is 9.83. The smallest absolute Gasteiger partial charge is 0.329 e. The van der Waals surface area contributed by atoms with Gasteiger partial charge in [-0.1, -0.05) is 13.8 Å². The van der Waals surface area contributed by atoms with Crippen LogP contribution in [0.1, 0.15) is 30.7 Å². The lowest BCUT2D eigenvalue weighted by Gasteiger charge is -2.35. The molecule has 0 aromatic carbocycles. The fraction of sp³-hybridized carbons (Fsp3) is 0.583. The van der Waals surface area contributed by atoms with Crippen molar-refractivity contribution < 1.29 is 9.90 Å². The van der Waals surface area contributed by atoms with Gasteiger partial charge in [0.2, 0.25) is 0 Å². The summed E-state index contributed by atoms with van der Waals surface area (Å²) in [5.41, 5.74) is 0.349. The highest BCUT2D eigenvalue weighted by atomic mass is 32.1. The van der Waals surface area contributed by atoms with Gasteiger partial charge in [0, 0.05) is 11.4 Å². The predicted octanol–water partition coefficient (Wildman–Crippen LogP) is 2.22. The van der Waals surface area contributed by atoms with E-state index in [4.69, 9.17) is 0 Å². The number of thiophene rings is 1. The molecule has 0 bridgehead atoms. The SMILES string of the molecule is CC(C)CC1(C(=O)O)NCCc2ccsc21. The fourth-order valence-electron chi connectivity index (χ4n) is 2.44. The number of hydrogen-bond acceptors (Lipinski definition) is 3. The number of nitrogens with one attached hydrogen (secondary N) is 1. The van der Waals surface area contributed by atoms with Crippen molar-refractivity contribution >= 4 is 17.3 Å². The van der Waals surface area contributed by atoms with Crippen molar-refractivity contribution in [1.82, 2.24) is 5.32 Å². The van der Waals surface area contributed by atoms with Gasteiger partial charge in [-0.15, -0.1) is 11.3 Å². The maximum Gasteiger partial charge on any atom is 0.329 e. The Morgan fingerprint density at radius 3 is 3.06 bits per heavy atom. The molecule has 3 nitrogen and oxygen atoms in total. The van der Waals surface area contributed by atoms with Crippen molar-refractivity contribution in [2.24, 2.45) is 5.92 Å². The van der Waals surface area contributed by atoms with E-state index in [0.29, 0.717) is 12.3 Å². The quantitative estimate of drug-likeness (QED) is 0.850. The third kappa shape index (κ3) is 1.76. The molecule has 1 unspecified atom stereocenters. The van der Waals surface area contributed by atoms with Gasteiger partial charge in [-0.05, 0) is 35.8 Å². The van der Waals surface area contributed by atoms with Crippen LogP contribution in [0, 0.1) is 5.92 Å². The number of carbonyl (C=O) groups is 1. The van der Waals surface area contributed by atoms with Gasteiger partial charge in [0.05, 0.1) is 0 Å². The topological polar surface area (TPSA) is 49.3 Å². The third-order valence-corrected chi connectivity index (χ3v) is 4.15. The van der Waals surface area contributed by atoms with E-state index in [1.165, 1.54) is 5.56 Å². The minimum atomic E-state index is -0.851. The Labute approximate surface area is 99.5 Å². The Morgan fingerprint density at radius 1 is 1.69 bits per heavy atom. The molecule has 1 aromatic rings.